The molecule has 3 aromatic rings. The molecule has 8 nitrogen and oxygen atoms in total. The predicted octanol–water partition coefficient (Wildman–Crippen LogP) is 3.92. The number of hydrazone groups is 1. The summed E-state index contributed by atoms with van der Waals surface area (Å²) in [5.41, 5.74) is 5.86. The van der Waals surface area contributed by atoms with Crippen molar-refractivity contribution in [1.29, 1.82) is 0 Å². The number of aryl methyl sites for hydroxylation is 1. The van der Waals surface area contributed by atoms with Crippen LogP contribution >= 0.6 is 11.6 Å². The molecule has 9 heteroatoms. The van der Waals surface area contributed by atoms with Crippen molar-refractivity contribution < 1.29 is 14.2 Å². The smallest absolute Gasteiger partial charge is 0.322 e. The lowest BCUT2D eigenvalue weighted by Crippen LogP contribution is -2.07. The highest BCUT2D eigenvalue weighted by molar-refractivity contribution is 6.28. The van der Waals surface area contributed by atoms with Crippen LogP contribution in [0.5, 0.6) is 17.5 Å². The van der Waals surface area contributed by atoms with Crippen molar-refractivity contribution in [2.24, 2.45) is 5.10 Å². The highest BCUT2D eigenvalue weighted by atomic mass is 35.5. The highest BCUT2D eigenvalue weighted by Gasteiger charge is 2.08. The summed E-state index contributed by atoms with van der Waals surface area (Å²) in [4.78, 5) is 12.2. The third-order valence-electron chi connectivity index (χ3n) is 4.08. The fraction of sp³-hybridized carbons (Fsp3) is 0.238. The summed E-state index contributed by atoms with van der Waals surface area (Å²) >= 11 is 5.97. The number of aromatic nitrogens is 3. The van der Waals surface area contributed by atoms with Gasteiger partial charge in [-0.2, -0.15) is 20.1 Å². The largest absolute Gasteiger partial charge is 0.493 e. The predicted molar refractivity (Wildman–Crippen MR) is 116 cm³/mol. The summed E-state index contributed by atoms with van der Waals surface area (Å²) in [5, 5.41) is 4.14. The molecule has 0 saturated carbocycles. The van der Waals surface area contributed by atoms with E-state index in [0.29, 0.717) is 24.5 Å². The molecular formula is C21H22ClN5O3. The first-order valence-electron chi connectivity index (χ1n) is 9.18. The van der Waals surface area contributed by atoms with Gasteiger partial charge in [-0.05, 0) is 41.8 Å². The van der Waals surface area contributed by atoms with E-state index in [1.165, 1.54) is 0 Å². The van der Waals surface area contributed by atoms with E-state index in [1.807, 2.05) is 49.4 Å². The highest BCUT2D eigenvalue weighted by Crippen LogP contribution is 2.27. The number of halogens is 1. The van der Waals surface area contributed by atoms with Gasteiger partial charge in [0.15, 0.2) is 11.5 Å². The van der Waals surface area contributed by atoms with E-state index in [2.05, 4.69) is 25.5 Å². The van der Waals surface area contributed by atoms with Gasteiger partial charge >= 0.3 is 6.01 Å². The third-order valence-corrected chi connectivity index (χ3v) is 4.25. The SMILES string of the molecule is COc1ccc(CCOc2nc(Cl)nc(N/N=C/c3cccc(C)c3)n2)cc1OC. The summed E-state index contributed by atoms with van der Waals surface area (Å²) in [7, 11) is 3.20. The van der Waals surface area contributed by atoms with Gasteiger partial charge in [0, 0.05) is 6.42 Å². The number of anilines is 1. The van der Waals surface area contributed by atoms with E-state index >= 15 is 0 Å². The van der Waals surface area contributed by atoms with Crippen LogP contribution in [-0.2, 0) is 6.42 Å². The number of ether oxygens (including phenoxy) is 3. The Morgan fingerprint density at radius 2 is 1.87 bits per heavy atom. The molecule has 0 radical (unpaired) electrons. The molecular weight excluding hydrogens is 406 g/mol. The lowest BCUT2D eigenvalue weighted by atomic mass is 10.1. The number of nitrogens with one attached hydrogen (secondary N) is 1. The maximum absolute atomic E-state index is 5.97. The Balaban J connectivity index is 1.58. The van der Waals surface area contributed by atoms with E-state index in [-0.39, 0.29) is 17.2 Å². The van der Waals surface area contributed by atoms with Gasteiger partial charge in [-0.25, -0.2) is 5.43 Å². The standard InChI is InChI=1S/C21H22ClN5O3/c1-14-5-4-6-16(11-14)13-23-27-20-24-19(22)25-21(26-20)30-10-9-15-7-8-17(28-2)18(12-15)29-3/h4-8,11-13H,9-10H2,1-3H3,(H,24,25,26,27)/b23-13+. The number of hydrogen-bond acceptors (Lipinski definition) is 8. The Morgan fingerprint density at radius 3 is 2.63 bits per heavy atom. The molecule has 1 aromatic heterocycles. The zero-order valence-electron chi connectivity index (χ0n) is 16.9. The molecule has 3 rings (SSSR count). The topological polar surface area (TPSA) is 90.8 Å². The van der Waals surface area contributed by atoms with Gasteiger partial charge in [-0.3, -0.25) is 0 Å². The van der Waals surface area contributed by atoms with E-state index in [4.69, 9.17) is 25.8 Å². The van der Waals surface area contributed by atoms with Crippen LogP contribution in [0.25, 0.3) is 0 Å². The number of methoxy groups -OCH3 is 2. The van der Waals surface area contributed by atoms with Gasteiger partial charge in [-0.1, -0.05) is 35.9 Å². The molecule has 0 saturated heterocycles. The Morgan fingerprint density at radius 1 is 1.03 bits per heavy atom. The number of benzene rings is 2. The van der Waals surface area contributed by atoms with Crippen LogP contribution in [-0.4, -0.2) is 42.0 Å². The fourth-order valence-electron chi connectivity index (χ4n) is 2.66. The summed E-state index contributed by atoms with van der Waals surface area (Å²) in [5.74, 6) is 1.53. The molecule has 0 bridgehead atoms. The molecule has 0 aliphatic rings. The summed E-state index contributed by atoms with van der Waals surface area (Å²) in [6, 6.07) is 13.7. The van der Waals surface area contributed by atoms with Crippen LogP contribution in [0.15, 0.2) is 47.6 Å². The van der Waals surface area contributed by atoms with E-state index in [9.17, 15) is 0 Å². The number of nitrogens with zero attached hydrogens (tertiary/aromatic N) is 4. The van der Waals surface area contributed by atoms with Crippen LogP contribution in [0.1, 0.15) is 16.7 Å². The molecule has 2 aromatic carbocycles. The maximum atomic E-state index is 5.97. The van der Waals surface area contributed by atoms with Gasteiger partial charge in [0.1, 0.15) is 0 Å². The van der Waals surface area contributed by atoms with Crippen LogP contribution < -0.4 is 19.6 Å². The molecule has 0 aliphatic carbocycles. The molecule has 156 valence electrons. The average molecular weight is 428 g/mol. The molecule has 0 fully saturated rings. The van der Waals surface area contributed by atoms with Gasteiger partial charge in [0.2, 0.25) is 5.28 Å². The first-order chi connectivity index (χ1) is 14.6. The molecule has 1 N–H and O–H groups in total. The van der Waals surface area contributed by atoms with Crippen molar-refractivity contribution in [3.05, 3.63) is 64.4 Å². The Kier molecular flexibility index (Phi) is 7.40. The second-order valence-corrected chi connectivity index (χ2v) is 6.62. The third kappa shape index (κ3) is 6.05. The second-order valence-electron chi connectivity index (χ2n) is 6.28. The first-order valence-corrected chi connectivity index (χ1v) is 9.56. The van der Waals surface area contributed by atoms with Crippen molar-refractivity contribution >= 4 is 23.8 Å². The van der Waals surface area contributed by atoms with Crippen molar-refractivity contribution in [3.63, 3.8) is 0 Å². The zero-order chi connectivity index (χ0) is 21.3. The van der Waals surface area contributed by atoms with Crippen molar-refractivity contribution in [2.45, 2.75) is 13.3 Å². The summed E-state index contributed by atoms with van der Waals surface area (Å²) < 4.78 is 16.2. The second kappa shape index (κ2) is 10.4. The van der Waals surface area contributed by atoms with Crippen LogP contribution in [0.2, 0.25) is 5.28 Å². The monoisotopic (exact) mass is 427 g/mol. The average Bonchev–Trinajstić information content (AvgIpc) is 2.73. The minimum atomic E-state index is 0.0133. The van der Waals surface area contributed by atoms with Gasteiger partial charge in [0.25, 0.3) is 5.95 Å². The lowest BCUT2D eigenvalue weighted by Gasteiger charge is -2.10. The Hall–Kier alpha value is -3.39. The molecule has 0 aliphatic heterocycles. The molecule has 0 amide bonds. The Labute approximate surface area is 179 Å². The quantitative estimate of drug-likeness (QED) is 0.408. The lowest BCUT2D eigenvalue weighted by molar-refractivity contribution is 0.295. The molecule has 0 atom stereocenters. The van der Waals surface area contributed by atoms with Gasteiger partial charge in [-0.15, -0.1) is 0 Å². The molecule has 1 heterocycles. The minimum Gasteiger partial charge on any atom is -0.493 e. The van der Waals surface area contributed by atoms with E-state index < -0.39 is 0 Å². The molecule has 0 unspecified atom stereocenters. The van der Waals surface area contributed by atoms with Crippen molar-refractivity contribution in [3.8, 4) is 17.5 Å². The Bertz CT molecular complexity index is 1030. The summed E-state index contributed by atoms with van der Waals surface area (Å²) in [6.45, 7) is 2.37. The van der Waals surface area contributed by atoms with Crippen LogP contribution in [0.3, 0.4) is 0 Å². The maximum Gasteiger partial charge on any atom is 0.322 e. The van der Waals surface area contributed by atoms with E-state index in [0.717, 1.165) is 16.7 Å². The fourth-order valence-corrected chi connectivity index (χ4v) is 2.81. The molecule has 0 spiro atoms. The normalized spacial score (nSPS) is 10.8. The first kappa shape index (κ1) is 21.3. The minimum absolute atomic E-state index is 0.0133. The molecule has 30 heavy (non-hydrogen) atoms. The van der Waals surface area contributed by atoms with Gasteiger partial charge < -0.3 is 14.2 Å². The number of hydrogen-bond donors (Lipinski definition) is 1. The van der Waals surface area contributed by atoms with E-state index in [1.54, 1.807) is 20.4 Å². The van der Waals surface area contributed by atoms with Crippen LogP contribution in [0.4, 0.5) is 5.95 Å². The van der Waals surface area contributed by atoms with Crippen molar-refractivity contribution in [2.75, 3.05) is 26.3 Å². The van der Waals surface area contributed by atoms with Crippen molar-refractivity contribution in [1.82, 2.24) is 15.0 Å². The van der Waals surface area contributed by atoms with Gasteiger partial charge in [0.05, 0.1) is 27.0 Å². The zero-order valence-corrected chi connectivity index (χ0v) is 17.7. The number of rotatable bonds is 9. The van der Waals surface area contributed by atoms with Crippen LogP contribution in [0, 0.1) is 6.92 Å². The summed E-state index contributed by atoms with van der Waals surface area (Å²) in [6.07, 6.45) is 2.29.